The topological polar surface area (TPSA) is 259 Å². The summed E-state index contributed by atoms with van der Waals surface area (Å²) in [6.45, 7) is -2.34. The second kappa shape index (κ2) is 20.6. The normalized spacial score (nSPS) is 16.8. The number of sulfonamides is 1. The number of esters is 1. The number of anilines is 1. The molecule has 2 aliphatic carbocycles. The van der Waals surface area contributed by atoms with E-state index in [-0.39, 0.29) is 36.9 Å². The molecule has 5 aromatic rings. The summed E-state index contributed by atoms with van der Waals surface area (Å²) in [7, 11) is -14.1. The summed E-state index contributed by atoms with van der Waals surface area (Å²) >= 11 is 6.60. The van der Waals surface area contributed by atoms with Gasteiger partial charge in [0, 0.05) is 41.4 Å². The quantitative estimate of drug-likeness (QED) is 0.0279. The highest BCUT2D eigenvalue weighted by Gasteiger charge is 2.68. The number of phosphoric ester groups is 1. The van der Waals surface area contributed by atoms with Crippen LogP contribution < -0.4 is 9.62 Å². The zero-order chi connectivity index (χ0) is 57.3. The molecule has 77 heavy (non-hydrogen) atoms. The Morgan fingerprint density at radius 3 is 2.18 bits per heavy atom. The first-order valence-electron chi connectivity index (χ1n) is 22.0. The minimum Gasteiger partial charge on any atom is -0.438 e. The number of rotatable bonds is 17. The summed E-state index contributed by atoms with van der Waals surface area (Å²) in [4.78, 5) is 62.4. The standard InChI is InChI=1S/C44H39ClF10N7O12PS2/c1-41(2,76(3,69)70)12-11-24-5-6-25(26-7-8-29(45)35-37(26)61(19-42(48,49)50)59-40(35)62(77(4,71)72)32(64)9-10-33(65)73-20-74-75(66,67)68)36(56-24)30(15-21-13-22(46)16-23(47)14-21)57-31(63)18-60-39-34(38(58-60)44(53,54)55)27-17-28(27)43(39,51)52/h5-8,13-14,16,27-28,30H,9-10,15,17-20H2,1-4H3,(H,57,63)(H2,66,67,68)/t27-,28+,30-/m0/s1. The molecule has 1 fully saturated rings. The number of ether oxygens (including phenoxy) is 1. The molecule has 0 aliphatic heterocycles. The van der Waals surface area contributed by atoms with Gasteiger partial charge >= 0.3 is 26.1 Å². The number of sulfone groups is 1. The van der Waals surface area contributed by atoms with E-state index in [9.17, 15) is 70.9 Å². The summed E-state index contributed by atoms with van der Waals surface area (Å²) in [6, 6.07) is 4.30. The van der Waals surface area contributed by atoms with Crippen LogP contribution in [0, 0.1) is 29.4 Å². The summed E-state index contributed by atoms with van der Waals surface area (Å²) in [5.41, 5.74) is -6.46. The maximum atomic E-state index is 15.6. The van der Waals surface area contributed by atoms with Crippen LogP contribution >= 0.6 is 19.4 Å². The van der Waals surface area contributed by atoms with E-state index in [0.29, 0.717) is 12.3 Å². The van der Waals surface area contributed by atoms with Crippen molar-refractivity contribution in [2.24, 2.45) is 5.92 Å². The van der Waals surface area contributed by atoms with E-state index in [1.54, 1.807) is 0 Å². The Morgan fingerprint density at radius 1 is 0.961 bits per heavy atom. The van der Waals surface area contributed by atoms with Crippen molar-refractivity contribution in [3.8, 4) is 23.0 Å². The van der Waals surface area contributed by atoms with Gasteiger partial charge in [-0.25, -0.2) is 39.7 Å². The minimum atomic E-state index is -5.26. The molecule has 0 spiro atoms. The summed E-state index contributed by atoms with van der Waals surface area (Å²) in [5, 5.41) is 8.28. The van der Waals surface area contributed by atoms with Crippen molar-refractivity contribution in [3.05, 3.63) is 93.0 Å². The molecule has 1 saturated carbocycles. The molecule has 416 valence electrons. The van der Waals surface area contributed by atoms with Crippen molar-refractivity contribution in [2.45, 2.75) is 87.6 Å². The van der Waals surface area contributed by atoms with Crippen molar-refractivity contribution in [1.29, 1.82) is 0 Å². The lowest BCUT2D eigenvalue weighted by Crippen LogP contribution is -2.37. The number of fused-ring (bicyclic) bond motifs is 4. The lowest BCUT2D eigenvalue weighted by atomic mass is 9.93. The molecule has 3 N–H and O–H groups in total. The smallest absolute Gasteiger partial charge is 0.438 e. The molecule has 0 unspecified atom stereocenters. The third-order valence-corrected chi connectivity index (χ3v) is 15.8. The molecule has 0 saturated heterocycles. The number of nitrogens with one attached hydrogen (secondary N) is 1. The maximum Gasteiger partial charge on any atom is 0.472 e. The van der Waals surface area contributed by atoms with Crippen molar-refractivity contribution in [3.63, 3.8) is 0 Å². The number of halogens is 11. The second-order valence-electron chi connectivity index (χ2n) is 18.2. The summed E-state index contributed by atoms with van der Waals surface area (Å²) in [6.07, 6.45) is -12.4. The summed E-state index contributed by atoms with van der Waals surface area (Å²) < 4.78 is 217. The van der Waals surface area contributed by atoms with Gasteiger partial charge in [0.1, 0.15) is 40.9 Å². The Balaban J connectivity index is 1.44. The predicted molar refractivity (Wildman–Crippen MR) is 248 cm³/mol. The molecule has 3 heterocycles. The van der Waals surface area contributed by atoms with E-state index < -0.39 is 187 Å². The molecule has 3 aromatic heterocycles. The van der Waals surface area contributed by atoms with Gasteiger partial charge in [0.25, 0.3) is 5.92 Å². The first kappa shape index (κ1) is 58.5. The largest absolute Gasteiger partial charge is 0.472 e. The molecule has 7 rings (SSSR count). The van der Waals surface area contributed by atoms with Crippen LogP contribution in [0.1, 0.15) is 79.0 Å². The van der Waals surface area contributed by atoms with Crippen LogP contribution in [-0.2, 0) is 79.7 Å². The van der Waals surface area contributed by atoms with Gasteiger partial charge in [-0.2, -0.15) is 49.6 Å². The molecule has 0 radical (unpaired) electrons. The maximum absolute atomic E-state index is 15.6. The van der Waals surface area contributed by atoms with Crippen LogP contribution in [0.3, 0.4) is 0 Å². The monoisotopic (exact) mass is 1180 g/mol. The molecule has 2 amide bonds. The van der Waals surface area contributed by atoms with Gasteiger partial charge in [-0.05, 0) is 74.4 Å². The number of hydrogen-bond acceptors (Lipinski definition) is 13. The molecule has 19 nitrogen and oxygen atoms in total. The number of carbonyl (C=O) groups is 3. The van der Waals surface area contributed by atoms with Gasteiger partial charge in [-0.15, -0.1) is 0 Å². The molecular formula is C44H39ClF10N7O12PS2. The molecule has 3 atom stereocenters. The molecule has 2 aliphatic rings. The molecule has 33 heteroatoms. The zero-order valence-corrected chi connectivity index (χ0v) is 43.1. The Hall–Kier alpha value is -6.16. The van der Waals surface area contributed by atoms with Crippen LogP contribution in [0.2, 0.25) is 5.02 Å². The Kier molecular flexibility index (Phi) is 15.6. The van der Waals surface area contributed by atoms with Crippen LogP contribution in [0.5, 0.6) is 0 Å². The SMILES string of the molecule is CC(C)(C#Cc1ccc(-c2ccc(Cl)c3c(N(C(=O)CCC(=O)OCOP(=O)(O)O)S(C)(=O)=O)nn(CC(F)(F)F)c23)c([C@H](Cc2cc(F)cc(F)c2)NC(=O)Cn2nc(C(F)(F)F)c3c2C(F)(F)[C@@H]2C[C@H]32)n1)S(C)(=O)=O. The van der Waals surface area contributed by atoms with E-state index in [1.807, 2.05) is 0 Å². The number of amides is 2. The second-order valence-corrected chi connectivity index (χ2v) is 24.2. The number of nitrogens with zero attached hydrogens (tertiary/aromatic N) is 6. The van der Waals surface area contributed by atoms with Gasteiger partial charge < -0.3 is 19.8 Å². The Labute approximate surface area is 434 Å². The highest BCUT2D eigenvalue weighted by atomic mass is 35.5. The van der Waals surface area contributed by atoms with Gasteiger partial charge in [-0.3, -0.25) is 23.7 Å². The number of hydrogen-bond donors (Lipinski definition) is 3. The van der Waals surface area contributed by atoms with Crippen molar-refractivity contribution >= 4 is 73.8 Å². The highest BCUT2D eigenvalue weighted by molar-refractivity contribution is 7.93. The Bertz CT molecular complexity index is 3580. The van der Waals surface area contributed by atoms with Crippen LogP contribution in [-0.4, -0.2) is 99.2 Å². The van der Waals surface area contributed by atoms with E-state index >= 15 is 8.78 Å². The number of alkyl halides is 8. The number of carbonyl (C=O) groups excluding carboxylic acids is 3. The fourth-order valence-electron chi connectivity index (χ4n) is 8.40. The average Bonchev–Trinajstić information content (AvgIpc) is 3.82. The van der Waals surface area contributed by atoms with Gasteiger partial charge in [0.15, 0.2) is 21.3 Å². The van der Waals surface area contributed by atoms with E-state index in [0.717, 1.165) is 42.7 Å². The molecule has 0 bridgehead atoms. The van der Waals surface area contributed by atoms with Crippen LogP contribution in [0.15, 0.2) is 42.5 Å². The lowest BCUT2D eigenvalue weighted by Gasteiger charge is -2.23. The third kappa shape index (κ3) is 12.9. The van der Waals surface area contributed by atoms with Gasteiger partial charge in [0.2, 0.25) is 28.6 Å². The van der Waals surface area contributed by atoms with Gasteiger partial charge in [0.05, 0.1) is 40.3 Å². The minimum absolute atomic E-state index is 0.108. The number of benzene rings is 2. The molecular weight excluding hydrogens is 1140 g/mol. The number of aromatic nitrogens is 5. The molecule has 2 aromatic carbocycles. The van der Waals surface area contributed by atoms with E-state index in [4.69, 9.17) is 21.4 Å². The van der Waals surface area contributed by atoms with Crippen molar-refractivity contribution in [1.82, 2.24) is 29.9 Å². The highest BCUT2D eigenvalue weighted by Crippen LogP contribution is 2.68. The van der Waals surface area contributed by atoms with E-state index in [2.05, 4.69) is 41.6 Å². The summed E-state index contributed by atoms with van der Waals surface area (Å²) in [5.74, 6) is -9.40. The first-order chi connectivity index (χ1) is 35.3. The first-order valence-corrected chi connectivity index (χ1v) is 27.6. The predicted octanol–water partition coefficient (Wildman–Crippen LogP) is 6.97. The van der Waals surface area contributed by atoms with Gasteiger partial charge in [-0.1, -0.05) is 23.6 Å². The fourth-order valence-corrected chi connectivity index (χ4v) is 9.97. The lowest BCUT2D eigenvalue weighted by molar-refractivity contribution is -0.151. The van der Waals surface area contributed by atoms with E-state index in [1.165, 1.54) is 13.8 Å². The number of pyridine rings is 1. The Morgan fingerprint density at radius 2 is 1.60 bits per heavy atom. The number of phosphoric acid groups is 1. The van der Waals surface area contributed by atoms with Crippen LogP contribution in [0.25, 0.3) is 22.0 Å². The fraction of sp³-hybridized carbons (Fsp3) is 0.409. The average molecular weight is 1180 g/mol. The van der Waals surface area contributed by atoms with Crippen molar-refractivity contribution in [2.75, 3.05) is 23.6 Å². The van der Waals surface area contributed by atoms with Crippen LogP contribution in [0.4, 0.5) is 49.7 Å². The zero-order valence-electron chi connectivity index (χ0n) is 39.8. The third-order valence-electron chi connectivity index (χ3n) is 12.0. The van der Waals surface area contributed by atoms with Crippen molar-refractivity contribution < 1.29 is 98.7 Å².